The third-order valence-electron chi connectivity index (χ3n) is 4.24. The molecule has 7 nitrogen and oxygen atoms in total. The summed E-state index contributed by atoms with van der Waals surface area (Å²) in [5.41, 5.74) is 1.60. The molecule has 3 aromatic rings. The lowest BCUT2D eigenvalue weighted by Crippen LogP contribution is -2.25. The van der Waals surface area contributed by atoms with Gasteiger partial charge in [0.25, 0.3) is 11.5 Å². The maximum atomic E-state index is 13.1. The zero-order valence-electron chi connectivity index (χ0n) is 16.4. The van der Waals surface area contributed by atoms with Crippen LogP contribution in [-0.4, -0.2) is 21.8 Å². The second kappa shape index (κ2) is 8.40. The Bertz CT molecular complexity index is 1220. The van der Waals surface area contributed by atoms with E-state index in [9.17, 15) is 14.9 Å². The standard InChI is InChI=1S/C22H20N4O3/c1-4-24-20(27)16(13-23)12-18-21(29-17-9-5-7-14(2)11-17)25-19-15(3)8-6-10-26(19)22(18)28/h5-12H,4H2,1-3H3,(H,24,27)/b16-12+. The topological polar surface area (TPSA) is 96.5 Å². The van der Waals surface area contributed by atoms with Crippen molar-refractivity contribution in [3.05, 3.63) is 75.2 Å². The number of carbonyl (C=O) groups excluding carboxylic acids is 1. The smallest absolute Gasteiger partial charge is 0.269 e. The van der Waals surface area contributed by atoms with E-state index in [1.807, 2.05) is 44.2 Å². The average molecular weight is 388 g/mol. The lowest BCUT2D eigenvalue weighted by molar-refractivity contribution is -0.116. The number of benzene rings is 1. The van der Waals surface area contributed by atoms with Crippen molar-refractivity contribution in [1.29, 1.82) is 5.26 Å². The van der Waals surface area contributed by atoms with Gasteiger partial charge in [0.1, 0.15) is 28.6 Å². The zero-order valence-corrected chi connectivity index (χ0v) is 16.4. The van der Waals surface area contributed by atoms with Crippen LogP contribution in [0.25, 0.3) is 11.7 Å². The predicted octanol–water partition coefficient (Wildman–Crippen LogP) is 3.15. The highest BCUT2D eigenvalue weighted by Crippen LogP contribution is 2.25. The molecule has 146 valence electrons. The van der Waals surface area contributed by atoms with Crippen LogP contribution in [0.5, 0.6) is 11.6 Å². The number of pyridine rings is 1. The van der Waals surface area contributed by atoms with Crippen molar-refractivity contribution in [2.24, 2.45) is 0 Å². The van der Waals surface area contributed by atoms with Gasteiger partial charge in [0, 0.05) is 12.7 Å². The molecule has 0 bridgehead atoms. The summed E-state index contributed by atoms with van der Waals surface area (Å²) in [6.45, 7) is 5.86. The van der Waals surface area contributed by atoms with Crippen LogP contribution in [0, 0.1) is 25.2 Å². The molecule has 1 amide bonds. The first-order valence-corrected chi connectivity index (χ1v) is 9.11. The molecule has 29 heavy (non-hydrogen) atoms. The molecule has 0 fully saturated rings. The fourth-order valence-corrected chi connectivity index (χ4v) is 2.83. The Balaban J connectivity index is 2.26. The fraction of sp³-hybridized carbons (Fsp3) is 0.182. The van der Waals surface area contributed by atoms with Gasteiger partial charge in [-0.15, -0.1) is 0 Å². The van der Waals surface area contributed by atoms with Gasteiger partial charge in [0.05, 0.1) is 0 Å². The van der Waals surface area contributed by atoms with E-state index in [0.717, 1.165) is 11.1 Å². The van der Waals surface area contributed by atoms with E-state index in [4.69, 9.17) is 4.74 Å². The minimum absolute atomic E-state index is 0.0254. The molecule has 0 radical (unpaired) electrons. The Morgan fingerprint density at radius 2 is 2.10 bits per heavy atom. The Morgan fingerprint density at radius 3 is 2.79 bits per heavy atom. The summed E-state index contributed by atoms with van der Waals surface area (Å²) in [6, 6.07) is 12.7. The summed E-state index contributed by atoms with van der Waals surface area (Å²) in [7, 11) is 0. The van der Waals surface area contributed by atoms with Crippen LogP contribution in [0.15, 0.2) is 53.0 Å². The van der Waals surface area contributed by atoms with E-state index in [0.29, 0.717) is 17.9 Å². The van der Waals surface area contributed by atoms with Crippen LogP contribution in [0.4, 0.5) is 0 Å². The van der Waals surface area contributed by atoms with E-state index in [-0.39, 0.29) is 17.0 Å². The van der Waals surface area contributed by atoms with Gasteiger partial charge in [-0.25, -0.2) is 0 Å². The van der Waals surface area contributed by atoms with Gasteiger partial charge in [-0.05, 0) is 56.2 Å². The first kappa shape index (κ1) is 19.8. The van der Waals surface area contributed by atoms with Gasteiger partial charge in [-0.3, -0.25) is 14.0 Å². The highest BCUT2D eigenvalue weighted by atomic mass is 16.5. The number of fused-ring (bicyclic) bond motifs is 1. The van der Waals surface area contributed by atoms with Crippen LogP contribution < -0.4 is 15.6 Å². The number of nitriles is 1. The van der Waals surface area contributed by atoms with Gasteiger partial charge in [0.15, 0.2) is 0 Å². The van der Waals surface area contributed by atoms with E-state index < -0.39 is 11.5 Å². The number of nitrogens with one attached hydrogen (secondary N) is 1. The summed E-state index contributed by atoms with van der Waals surface area (Å²) < 4.78 is 7.28. The van der Waals surface area contributed by atoms with E-state index in [1.54, 1.807) is 25.3 Å². The third kappa shape index (κ3) is 4.17. The summed E-state index contributed by atoms with van der Waals surface area (Å²) in [5.74, 6) is -0.0294. The van der Waals surface area contributed by atoms with Crippen LogP contribution >= 0.6 is 0 Å². The molecule has 0 spiro atoms. The number of hydrogen-bond acceptors (Lipinski definition) is 5. The lowest BCUT2D eigenvalue weighted by Gasteiger charge is -2.12. The number of ether oxygens (including phenoxy) is 1. The number of amides is 1. The van der Waals surface area contributed by atoms with Gasteiger partial charge >= 0.3 is 0 Å². The minimum atomic E-state index is -0.565. The Labute approximate surface area is 167 Å². The zero-order chi connectivity index (χ0) is 21.0. The number of rotatable bonds is 5. The highest BCUT2D eigenvalue weighted by molar-refractivity contribution is 6.01. The molecule has 0 atom stereocenters. The van der Waals surface area contributed by atoms with Crippen LogP contribution in [0.1, 0.15) is 23.6 Å². The molecule has 0 unspecified atom stereocenters. The second-order valence-corrected chi connectivity index (χ2v) is 6.47. The van der Waals surface area contributed by atoms with Gasteiger partial charge in [0.2, 0.25) is 5.88 Å². The molecule has 7 heteroatoms. The van der Waals surface area contributed by atoms with Crippen molar-refractivity contribution >= 4 is 17.6 Å². The molecule has 2 heterocycles. The van der Waals surface area contributed by atoms with Crippen LogP contribution in [0.3, 0.4) is 0 Å². The second-order valence-electron chi connectivity index (χ2n) is 6.47. The molecule has 0 saturated heterocycles. The first-order valence-electron chi connectivity index (χ1n) is 9.11. The van der Waals surface area contributed by atoms with Crippen molar-refractivity contribution in [3.63, 3.8) is 0 Å². The van der Waals surface area contributed by atoms with Gasteiger partial charge < -0.3 is 10.1 Å². The minimum Gasteiger partial charge on any atom is -0.438 e. The Hall–Kier alpha value is -3.92. The van der Waals surface area contributed by atoms with Crippen molar-refractivity contribution in [3.8, 4) is 17.7 Å². The number of carbonyl (C=O) groups is 1. The van der Waals surface area contributed by atoms with Crippen LogP contribution in [0.2, 0.25) is 0 Å². The van der Waals surface area contributed by atoms with Gasteiger partial charge in [-0.1, -0.05) is 18.2 Å². The normalized spacial score (nSPS) is 11.2. The molecule has 0 saturated carbocycles. The highest BCUT2D eigenvalue weighted by Gasteiger charge is 2.17. The summed E-state index contributed by atoms with van der Waals surface area (Å²) in [4.78, 5) is 29.8. The largest absolute Gasteiger partial charge is 0.438 e. The van der Waals surface area contributed by atoms with Gasteiger partial charge in [-0.2, -0.15) is 10.2 Å². The number of hydrogen-bond donors (Lipinski definition) is 1. The van der Waals surface area contributed by atoms with Crippen molar-refractivity contribution in [1.82, 2.24) is 14.7 Å². The molecule has 0 aliphatic rings. The van der Waals surface area contributed by atoms with E-state index in [2.05, 4.69) is 10.3 Å². The third-order valence-corrected chi connectivity index (χ3v) is 4.24. The van der Waals surface area contributed by atoms with E-state index in [1.165, 1.54) is 10.5 Å². The molecule has 2 aromatic heterocycles. The number of aryl methyl sites for hydroxylation is 2. The number of aromatic nitrogens is 2. The Morgan fingerprint density at radius 1 is 1.31 bits per heavy atom. The monoisotopic (exact) mass is 388 g/mol. The maximum absolute atomic E-state index is 13.1. The predicted molar refractivity (Wildman–Crippen MR) is 110 cm³/mol. The summed E-state index contributed by atoms with van der Waals surface area (Å²) in [6.07, 6.45) is 2.81. The van der Waals surface area contributed by atoms with Crippen LogP contribution in [-0.2, 0) is 4.79 Å². The fourth-order valence-electron chi connectivity index (χ4n) is 2.83. The maximum Gasteiger partial charge on any atom is 0.269 e. The SMILES string of the molecule is CCNC(=O)/C(C#N)=C/c1c(Oc2cccc(C)c2)nc2c(C)cccn2c1=O. The molecule has 0 aliphatic heterocycles. The first-order chi connectivity index (χ1) is 13.9. The summed E-state index contributed by atoms with van der Waals surface area (Å²) >= 11 is 0. The molecule has 3 rings (SSSR count). The average Bonchev–Trinajstić information content (AvgIpc) is 2.69. The molecular formula is C22H20N4O3. The van der Waals surface area contributed by atoms with Crippen molar-refractivity contribution in [2.45, 2.75) is 20.8 Å². The van der Waals surface area contributed by atoms with Crippen molar-refractivity contribution in [2.75, 3.05) is 6.54 Å². The van der Waals surface area contributed by atoms with E-state index >= 15 is 0 Å². The Kier molecular flexibility index (Phi) is 5.74. The summed E-state index contributed by atoms with van der Waals surface area (Å²) in [5, 5.41) is 12.0. The quantitative estimate of drug-likeness (QED) is 0.535. The molecular weight excluding hydrogens is 368 g/mol. The molecule has 1 N–H and O–H groups in total. The number of likely N-dealkylation sites (N-methyl/N-ethyl adjacent to an activating group) is 1. The lowest BCUT2D eigenvalue weighted by atomic mass is 10.1. The van der Waals surface area contributed by atoms with Crippen molar-refractivity contribution < 1.29 is 9.53 Å². The molecule has 1 aromatic carbocycles. The number of nitrogens with zero attached hydrogens (tertiary/aromatic N) is 3. The molecule has 0 aliphatic carbocycles.